The van der Waals surface area contributed by atoms with Crippen LogP contribution in [0.25, 0.3) is 11.5 Å². The number of anilines is 3. The molecule has 4 N–H and O–H groups in total. The molecule has 0 amide bonds. The van der Waals surface area contributed by atoms with E-state index in [0.29, 0.717) is 18.8 Å². The molecule has 23 heavy (non-hydrogen) atoms. The Hall–Kier alpha value is -3.09. The molecule has 0 saturated heterocycles. The van der Waals surface area contributed by atoms with Crippen LogP contribution in [0.5, 0.6) is 0 Å². The number of furan rings is 1. The number of nitrogens with one attached hydrogen (secondary N) is 2. The molecule has 3 aromatic rings. The second kappa shape index (κ2) is 6.78. The largest absolute Gasteiger partial charge is 0.463 e. The van der Waals surface area contributed by atoms with Crippen molar-refractivity contribution in [2.45, 2.75) is 0 Å². The highest BCUT2D eigenvalue weighted by Gasteiger charge is 2.16. The van der Waals surface area contributed by atoms with Crippen molar-refractivity contribution < 1.29 is 8.81 Å². The summed E-state index contributed by atoms with van der Waals surface area (Å²) in [4.78, 5) is 7.79. The summed E-state index contributed by atoms with van der Waals surface area (Å²) in [6.45, 7) is 1.07. The van der Waals surface area contributed by atoms with Gasteiger partial charge in [-0.2, -0.15) is 4.98 Å². The van der Waals surface area contributed by atoms with Crippen molar-refractivity contribution in [1.82, 2.24) is 9.97 Å². The Bertz CT molecular complexity index is 762. The van der Waals surface area contributed by atoms with E-state index in [9.17, 15) is 4.39 Å². The fourth-order valence-electron chi connectivity index (χ4n) is 2.10. The molecule has 0 aliphatic carbocycles. The van der Waals surface area contributed by atoms with Gasteiger partial charge in [-0.05, 0) is 24.3 Å². The summed E-state index contributed by atoms with van der Waals surface area (Å²) in [5.41, 5.74) is 6.68. The van der Waals surface area contributed by atoms with Crippen LogP contribution in [0.1, 0.15) is 0 Å². The Morgan fingerprint density at radius 2 is 1.78 bits per heavy atom. The Kier molecular flexibility index (Phi) is 4.37. The molecule has 2 heterocycles. The van der Waals surface area contributed by atoms with Gasteiger partial charge in [0, 0.05) is 18.8 Å². The van der Waals surface area contributed by atoms with Gasteiger partial charge < -0.3 is 20.8 Å². The predicted octanol–water partition coefficient (Wildman–Crippen LogP) is 2.98. The highest BCUT2D eigenvalue weighted by molar-refractivity contribution is 5.60. The standard InChI is InChI=1S/C16H16FN5O/c17-13-14(12-7-4-10-23-12)21-16(18)22-15(13)20-9-8-19-11-5-2-1-3-6-11/h1-7,10,19H,8-9H2,(H3,18,20,21,22). The topological polar surface area (TPSA) is 89.0 Å². The Morgan fingerprint density at radius 3 is 2.52 bits per heavy atom. The summed E-state index contributed by atoms with van der Waals surface area (Å²) in [7, 11) is 0. The van der Waals surface area contributed by atoms with Gasteiger partial charge in [0.1, 0.15) is 5.69 Å². The SMILES string of the molecule is Nc1nc(NCCNc2ccccc2)c(F)c(-c2ccco2)n1. The number of benzene rings is 1. The molecule has 0 unspecified atom stereocenters. The molecule has 0 aliphatic rings. The van der Waals surface area contributed by atoms with Crippen LogP contribution in [0.3, 0.4) is 0 Å². The van der Waals surface area contributed by atoms with Crippen molar-refractivity contribution in [3.63, 3.8) is 0 Å². The normalized spacial score (nSPS) is 10.5. The zero-order valence-electron chi connectivity index (χ0n) is 12.3. The first-order chi connectivity index (χ1) is 11.2. The monoisotopic (exact) mass is 313 g/mol. The quantitative estimate of drug-likeness (QED) is 0.606. The summed E-state index contributed by atoms with van der Waals surface area (Å²) in [5.74, 6) is -0.244. The molecule has 6 nitrogen and oxygen atoms in total. The van der Waals surface area contributed by atoms with Gasteiger partial charge >= 0.3 is 0 Å². The molecule has 3 rings (SSSR count). The van der Waals surface area contributed by atoms with E-state index in [2.05, 4.69) is 20.6 Å². The van der Waals surface area contributed by atoms with Crippen LogP contribution < -0.4 is 16.4 Å². The third-order valence-corrected chi connectivity index (χ3v) is 3.14. The molecule has 0 atom stereocenters. The average molecular weight is 313 g/mol. The zero-order valence-corrected chi connectivity index (χ0v) is 12.3. The first-order valence-corrected chi connectivity index (χ1v) is 7.14. The van der Waals surface area contributed by atoms with E-state index in [1.165, 1.54) is 6.26 Å². The van der Waals surface area contributed by atoms with Gasteiger partial charge in [0.25, 0.3) is 0 Å². The van der Waals surface area contributed by atoms with E-state index in [4.69, 9.17) is 10.2 Å². The minimum absolute atomic E-state index is 0.0173. The van der Waals surface area contributed by atoms with Crippen LogP contribution in [0.15, 0.2) is 53.1 Å². The minimum atomic E-state index is -0.589. The maximum atomic E-state index is 14.4. The molecule has 0 saturated carbocycles. The molecule has 118 valence electrons. The number of para-hydroxylation sites is 1. The minimum Gasteiger partial charge on any atom is -0.463 e. The summed E-state index contributed by atoms with van der Waals surface area (Å²) in [6.07, 6.45) is 1.45. The summed E-state index contributed by atoms with van der Waals surface area (Å²) in [5, 5.41) is 6.13. The van der Waals surface area contributed by atoms with Gasteiger partial charge in [-0.3, -0.25) is 0 Å². The third-order valence-electron chi connectivity index (χ3n) is 3.14. The Morgan fingerprint density at radius 1 is 1.00 bits per heavy atom. The van der Waals surface area contributed by atoms with E-state index in [0.717, 1.165) is 5.69 Å². The van der Waals surface area contributed by atoms with Crippen LogP contribution in [-0.2, 0) is 0 Å². The first-order valence-electron chi connectivity index (χ1n) is 7.14. The van der Waals surface area contributed by atoms with Gasteiger partial charge in [0.05, 0.1) is 6.26 Å². The van der Waals surface area contributed by atoms with Crippen molar-refractivity contribution in [2.24, 2.45) is 0 Å². The Balaban J connectivity index is 1.66. The van der Waals surface area contributed by atoms with Crippen molar-refractivity contribution >= 4 is 17.5 Å². The van der Waals surface area contributed by atoms with Crippen LogP contribution in [0.4, 0.5) is 21.8 Å². The van der Waals surface area contributed by atoms with Crippen LogP contribution in [-0.4, -0.2) is 23.1 Å². The lowest BCUT2D eigenvalue weighted by molar-refractivity contribution is 0.563. The number of rotatable bonds is 6. The van der Waals surface area contributed by atoms with Gasteiger partial charge in [0.15, 0.2) is 17.4 Å². The maximum Gasteiger partial charge on any atom is 0.222 e. The van der Waals surface area contributed by atoms with Crippen molar-refractivity contribution in [2.75, 3.05) is 29.5 Å². The van der Waals surface area contributed by atoms with E-state index >= 15 is 0 Å². The highest BCUT2D eigenvalue weighted by atomic mass is 19.1. The van der Waals surface area contributed by atoms with Crippen molar-refractivity contribution in [3.8, 4) is 11.5 Å². The second-order valence-corrected chi connectivity index (χ2v) is 4.79. The van der Waals surface area contributed by atoms with Crippen LogP contribution in [0, 0.1) is 5.82 Å². The van der Waals surface area contributed by atoms with Gasteiger partial charge in [-0.15, -0.1) is 0 Å². The fourth-order valence-corrected chi connectivity index (χ4v) is 2.10. The lowest BCUT2D eigenvalue weighted by atomic mass is 10.3. The van der Waals surface area contributed by atoms with Crippen LogP contribution >= 0.6 is 0 Å². The molecule has 0 aliphatic heterocycles. The smallest absolute Gasteiger partial charge is 0.222 e. The molecule has 0 spiro atoms. The van der Waals surface area contributed by atoms with E-state index in [1.807, 2.05) is 30.3 Å². The Labute approximate surface area is 132 Å². The second-order valence-electron chi connectivity index (χ2n) is 4.79. The number of nitrogens with two attached hydrogens (primary N) is 1. The molecule has 7 heteroatoms. The summed E-state index contributed by atoms with van der Waals surface area (Å²) < 4.78 is 19.6. The molecule has 0 bridgehead atoms. The van der Waals surface area contributed by atoms with E-state index in [1.54, 1.807) is 12.1 Å². The molecule has 0 radical (unpaired) electrons. The average Bonchev–Trinajstić information content (AvgIpc) is 3.09. The summed E-state index contributed by atoms with van der Waals surface area (Å²) in [6, 6.07) is 13.0. The van der Waals surface area contributed by atoms with E-state index in [-0.39, 0.29) is 17.5 Å². The van der Waals surface area contributed by atoms with Crippen molar-refractivity contribution in [3.05, 3.63) is 54.5 Å². The molecular weight excluding hydrogens is 297 g/mol. The number of halogens is 1. The third kappa shape index (κ3) is 3.57. The molecule has 1 aromatic carbocycles. The van der Waals surface area contributed by atoms with Crippen LogP contribution in [0.2, 0.25) is 0 Å². The number of nitrogens with zero attached hydrogens (tertiary/aromatic N) is 2. The number of nitrogen functional groups attached to an aromatic ring is 1. The highest BCUT2D eigenvalue weighted by Crippen LogP contribution is 2.25. The van der Waals surface area contributed by atoms with Crippen molar-refractivity contribution in [1.29, 1.82) is 0 Å². The number of hydrogen-bond acceptors (Lipinski definition) is 6. The first kappa shape index (κ1) is 14.8. The lowest BCUT2D eigenvalue weighted by Crippen LogP contribution is -2.16. The number of hydrogen-bond donors (Lipinski definition) is 3. The van der Waals surface area contributed by atoms with Gasteiger partial charge in [0.2, 0.25) is 5.95 Å². The zero-order chi connectivity index (χ0) is 16.1. The van der Waals surface area contributed by atoms with Gasteiger partial charge in [-0.25, -0.2) is 9.37 Å². The lowest BCUT2D eigenvalue weighted by Gasteiger charge is -2.10. The predicted molar refractivity (Wildman–Crippen MR) is 87.5 cm³/mol. The molecular formula is C16H16FN5O. The summed E-state index contributed by atoms with van der Waals surface area (Å²) >= 11 is 0. The molecule has 0 fully saturated rings. The van der Waals surface area contributed by atoms with E-state index < -0.39 is 5.82 Å². The number of aromatic nitrogens is 2. The molecule has 2 aromatic heterocycles. The fraction of sp³-hybridized carbons (Fsp3) is 0.125. The maximum absolute atomic E-state index is 14.4. The van der Waals surface area contributed by atoms with Gasteiger partial charge in [-0.1, -0.05) is 18.2 Å².